The molecule has 1 heterocycles. The van der Waals surface area contributed by atoms with E-state index in [1.54, 1.807) is 12.3 Å². The SMILES string of the molecule is CC=CC=CC(=O)Nc1cccc(Cn2cccn2)c1. The lowest BCUT2D eigenvalue weighted by atomic mass is 10.2. The first kappa shape index (κ1) is 13.8. The molecular weight excluding hydrogens is 250 g/mol. The molecule has 20 heavy (non-hydrogen) atoms. The molecule has 1 N–H and O–H groups in total. The van der Waals surface area contributed by atoms with Crippen LogP contribution < -0.4 is 5.32 Å². The van der Waals surface area contributed by atoms with Gasteiger partial charge in [0.1, 0.15) is 0 Å². The summed E-state index contributed by atoms with van der Waals surface area (Å²) in [6, 6.07) is 9.63. The van der Waals surface area contributed by atoms with Crippen LogP contribution in [0.4, 0.5) is 5.69 Å². The molecule has 0 saturated carbocycles. The molecule has 0 spiro atoms. The summed E-state index contributed by atoms with van der Waals surface area (Å²) >= 11 is 0. The monoisotopic (exact) mass is 267 g/mol. The average Bonchev–Trinajstić information content (AvgIpc) is 2.92. The Bertz CT molecular complexity index is 612. The molecule has 0 unspecified atom stereocenters. The molecule has 0 bridgehead atoms. The van der Waals surface area contributed by atoms with Crippen LogP contribution in [0.2, 0.25) is 0 Å². The Morgan fingerprint density at radius 3 is 3.00 bits per heavy atom. The van der Waals surface area contributed by atoms with Gasteiger partial charge in [-0.1, -0.05) is 30.4 Å². The number of hydrogen-bond donors (Lipinski definition) is 1. The van der Waals surface area contributed by atoms with Crippen molar-refractivity contribution in [3.05, 3.63) is 72.6 Å². The molecule has 1 aromatic heterocycles. The van der Waals surface area contributed by atoms with Crippen molar-refractivity contribution < 1.29 is 4.79 Å². The lowest BCUT2D eigenvalue weighted by Crippen LogP contribution is -2.08. The molecule has 4 heteroatoms. The Labute approximate surface area is 118 Å². The molecule has 1 amide bonds. The number of anilines is 1. The Kier molecular flexibility index (Phi) is 4.89. The van der Waals surface area contributed by atoms with Crippen molar-refractivity contribution in [2.75, 3.05) is 5.32 Å². The molecule has 0 aliphatic carbocycles. The van der Waals surface area contributed by atoms with Crippen LogP contribution in [0.3, 0.4) is 0 Å². The lowest BCUT2D eigenvalue weighted by molar-refractivity contribution is -0.111. The molecule has 0 aliphatic heterocycles. The van der Waals surface area contributed by atoms with Gasteiger partial charge in [-0.25, -0.2) is 0 Å². The van der Waals surface area contributed by atoms with Crippen LogP contribution in [0.15, 0.2) is 67.0 Å². The van der Waals surface area contributed by atoms with Gasteiger partial charge in [0.05, 0.1) is 6.54 Å². The molecule has 102 valence electrons. The molecular formula is C16H17N3O. The van der Waals surface area contributed by atoms with E-state index in [0.29, 0.717) is 6.54 Å². The van der Waals surface area contributed by atoms with E-state index in [0.717, 1.165) is 11.3 Å². The number of benzene rings is 1. The second-order valence-electron chi connectivity index (χ2n) is 4.28. The summed E-state index contributed by atoms with van der Waals surface area (Å²) < 4.78 is 1.84. The maximum atomic E-state index is 11.7. The average molecular weight is 267 g/mol. The zero-order valence-corrected chi connectivity index (χ0v) is 11.4. The summed E-state index contributed by atoms with van der Waals surface area (Å²) in [7, 11) is 0. The molecule has 4 nitrogen and oxygen atoms in total. The highest BCUT2D eigenvalue weighted by molar-refractivity contribution is 5.99. The standard InChI is InChI=1S/C16H17N3O/c1-2-3-4-9-16(20)18-15-8-5-7-14(12-15)13-19-11-6-10-17-19/h2-12H,13H2,1H3,(H,18,20). The molecule has 0 atom stereocenters. The van der Waals surface area contributed by atoms with Gasteiger partial charge in [-0.05, 0) is 30.7 Å². The quantitative estimate of drug-likeness (QED) is 0.668. The fraction of sp³-hybridized carbons (Fsp3) is 0.125. The highest BCUT2D eigenvalue weighted by atomic mass is 16.1. The third kappa shape index (κ3) is 4.24. The van der Waals surface area contributed by atoms with Gasteiger partial charge in [-0.15, -0.1) is 0 Å². The first-order valence-electron chi connectivity index (χ1n) is 6.44. The van der Waals surface area contributed by atoms with Gasteiger partial charge in [-0.3, -0.25) is 9.48 Å². The number of rotatable bonds is 5. The summed E-state index contributed by atoms with van der Waals surface area (Å²) in [6.45, 7) is 2.59. The molecule has 2 rings (SSSR count). The fourth-order valence-electron chi connectivity index (χ4n) is 1.77. The summed E-state index contributed by atoms with van der Waals surface area (Å²) in [5.41, 5.74) is 1.87. The summed E-state index contributed by atoms with van der Waals surface area (Å²) in [4.78, 5) is 11.7. The van der Waals surface area contributed by atoms with Crippen LogP contribution in [0, 0.1) is 0 Å². The Hall–Kier alpha value is -2.62. The number of nitrogens with zero attached hydrogens (tertiary/aromatic N) is 2. The fourth-order valence-corrected chi connectivity index (χ4v) is 1.77. The number of amides is 1. The lowest BCUT2D eigenvalue weighted by Gasteiger charge is -2.06. The minimum Gasteiger partial charge on any atom is -0.323 e. The molecule has 1 aromatic carbocycles. The van der Waals surface area contributed by atoms with E-state index in [2.05, 4.69) is 10.4 Å². The molecule has 0 aliphatic rings. The number of hydrogen-bond acceptors (Lipinski definition) is 2. The zero-order chi connectivity index (χ0) is 14.2. The maximum Gasteiger partial charge on any atom is 0.248 e. The van der Waals surface area contributed by atoms with Crippen LogP contribution in [-0.2, 0) is 11.3 Å². The van der Waals surface area contributed by atoms with Crippen molar-refractivity contribution >= 4 is 11.6 Å². The Morgan fingerprint density at radius 2 is 2.25 bits per heavy atom. The highest BCUT2D eigenvalue weighted by Crippen LogP contribution is 2.11. The highest BCUT2D eigenvalue weighted by Gasteiger charge is 2.00. The van der Waals surface area contributed by atoms with E-state index >= 15 is 0 Å². The number of allylic oxidation sites excluding steroid dienone is 3. The summed E-state index contributed by atoms with van der Waals surface area (Å²) in [5, 5.41) is 6.99. The number of nitrogens with one attached hydrogen (secondary N) is 1. The van der Waals surface area contributed by atoms with Crippen LogP contribution in [0.1, 0.15) is 12.5 Å². The predicted octanol–water partition coefficient (Wildman–Crippen LogP) is 3.00. The second-order valence-corrected chi connectivity index (χ2v) is 4.28. The Morgan fingerprint density at radius 1 is 1.35 bits per heavy atom. The van der Waals surface area contributed by atoms with Gasteiger partial charge in [0.15, 0.2) is 0 Å². The summed E-state index contributed by atoms with van der Waals surface area (Å²) in [5.74, 6) is -0.140. The topological polar surface area (TPSA) is 46.9 Å². The van der Waals surface area contributed by atoms with Crippen LogP contribution >= 0.6 is 0 Å². The van der Waals surface area contributed by atoms with Crippen LogP contribution in [0.5, 0.6) is 0 Å². The van der Waals surface area contributed by atoms with E-state index in [1.165, 1.54) is 6.08 Å². The zero-order valence-electron chi connectivity index (χ0n) is 11.4. The largest absolute Gasteiger partial charge is 0.323 e. The van der Waals surface area contributed by atoms with Gasteiger partial charge < -0.3 is 5.32 Å². The minimum atomic E-state index is -0.140. The van der Waals surface area contributed by atoms with Crippen LogP contribution in [-0.4, -0.2) is 15.7 Å². The van der Waals surface area contributed by atoms with Crippen molar-refractivity contribution in [3.63, 3.8) is 0 Å². The van der Waals surface area contributed by atoms with Crippen LogP contribution in [0.25, 0.3) is 0 Å². The molecule has 0 fully saturated rings. The Balaban J connectivity index is 2.00. The first-order valence-corrected chi connectivity index (χ1v) is 6.44. The van der Waals surface area contributed by atoms with E-state index in [-0.39, 0.29) is 5.91 Å². The predicted molar refractivity (Wildman–Crippen MR) is 80.4 cm³/mol. The van der Waals surface area contributed by atoms with Crippen molar-refractivity contribution in [2.24, 2.45) is 0 Å². The number of aromatic nitrogens is 2. The van der Waals surface area contributed by atoms with Crippen molar-refractivity contribution in [3.8, 4) is 0 Å². The smallest absolute Gasteiger partial charge is 0.248 e. The van der Waals surface area contributed by atoms with Gasteiger partial charge >= 0.3 is 0 Å². The van der Waals surface area contributed by atoms with E-state index in [1.807, 2.05) is 60.3 Å². The second kappa shape index (κ2) is 7.09. The van der Waals surface area contributed by atoms with Gasteiger partial charge in [-0.2, -0.15) is 5.10 Å². The van der Waals surface area contributed by atoms with E-state index in [4.69, 9.17) is 0 Å². The maximum absolute atomic E-state index is 11.7. The van der Waals surface area contributed by atoms with Gasteiger partial charge in [0, 0.05) is 24.2 Å². The third-order valence-corrected chi connectivity index (χ3v) is 2.65. The number of carbonyl (C=O) groups excluding carboxylic acids is 1. The van der Waals surface area contributed by atoms with Gasteiger partial charge in [0.2, 0.25) is 5.91 Å². The van der Waals surface area contributed by atoms with Crippen molar-refractivity contribution in [2.45, 2.75) is 13.5 Å². The first-order chi connectivity index (χ1) is 9.78. The molecule has 2 aromatic rings. The van der Waals surface area contributed by atoms with E-state index in [9.17, 15) is 4.79 Å². The third-order valence-electron chi connectivity index (χ3n) is 2.65. The van der Waals surface area contributed by atoms with Crippen molar-refractivity contribution in [1.29, 1.82) is 0 Å². The minimum absolute atomic E-state index is 0.140. The molecule has 0 radical (unpaired) electrons. The molecule has 0 saturated heterocycles. The normalized spacial score (nSPS) is 11.2. The van der Waals surface area contributed by atoms with Crippen molar-refractivity contribution in [1.82, 2.24) is 9.78 Å². The summed E-state index contributed by atoms with van der Waals surface area (Å²) in [6.07, 6.45) is 10.5. The van der Waals surface area contributed by atoms with Gasteiger partial charge in [0.25, 0.3) is 0 Å². The van der Waals surface area contributed by atoms with E-state index < -0.39 is 0 Å². The number of carbonyl (C=O) groups is 1.